The molecule has 0 saturated heterocycles. The number of thiophene rings is 1. The summed E-state index contributed by atoms with van der Waals surface area (Å²) in [5.41, 5.74) is 0. The number of methoxy groups -OCH3 is 1. The quantitative estimate of drug-likeness (QED) is 0.906. The summed E-state index contributed by atoms with van der Waals surface area (Å²) in [5.74, 6) is 0.528. The van der Waals surface area contributed by atoms with Crippen LogP contribution in [0.15, 0.2) is 49.7 Å². The zero-order valence-corrected chi connectivity index (χ0v) is 12.8. The van der Waals surface area contributed by atoms with Crippen molar-refractivity contribution in [1.29, 1.82) is 0 Å². The van der Waals surface area contributed by atoms with Crippen molar-refractivity contribution in [2.45, 2.75) is 13.3 Å². The van der Waals surface area contributed by atoms with Crippen LogP contribution in [0.1, 0.15) is 0 Å². The van der Waals surface area contributed by atoms with E-state index >= 15 is 0 Å². The summed E-state index contributed by atoms with van der Waals surface area (Å²) in [5, 5.41) is 4.96. The van der Waals surface area contributed by atoms with Crippen molar-refractivity contribution >= 4 is 31.2 Å². The summed E-state index contributed by atoms with van der Waals surface area (Å²) in [4.78, 5) is 0.0566. The molecule has 0 atom stereocenters. The van der Waals surface area contributed by atoms with Crippen molar-refractivity contribution < 1.29 is 21.6 Å². The zero-order chi connectivity index (χ0) is 15.0. The Morgan fingerprint density at radius 1 is 0.950 bits per heavy atom. The molecule has 0 bridgehead atoms. The molecule has 0 aliphatic rings. The van der Waals surface area contributed by atoms with Gasteiger partial charge in [0.2, 0.25) is 19.9 Å². The average Bonchev–Trinajstić information content (AvgIpc) is 2.89. The van der Waals surface area contributed by atoms with Crippen molar-refractivity contribution in [3.8, 4) is 5.75 Å². The highest BCUT2D eigenvalue weighted by Crippen LogP contribution is 2.30. The molecule has 2 rings (SSSR count). The molecule has 0 unspecified atom stereocenters. The van der Waals surface area contributed by atoms with Gasteiger partial charge in [0.25, 0.3) is 0 Å². The first kappa shape index (κ1) is 15.0. The summed E-state index contributed by atoms with van der Waals surface area (Å²) in [6.45, 7) is 0. The van der Waals surface area contributed by atoms with E-state index in [-0.39, 0.29) is 13.3 Å². The monoisotopic (exact) mass is 333 g/mol. The molecule has 1 aromatic carbocycles. The molecule has 20 heavy (non-hydrogen) atoms. The van der Waals surface area contributed by atoms with E-state index in [9.17, 15) is 16.8 Å². The Labute approximate surface area is 120 Å². The largest absolute Gasteiger partial charge is 0.497 e. The van der Waals surface area contributed by atoms with Crippen molar-refractivity contribution in [2.75, 3.05) is 7.11 Å². The molecule has 0 aliphatic heterocycles. The normalized spacial score (nSPS) is 12.3. The van der Waals surface area contributed by atoms with Gasteiger partial charge in [0.1, 0.15) is 14.2 Å². The molecule has 0 spiro atoms. The summed E-state index contributed by atoms with van der Waals surface area (Å²) in [7, 11) is -6.19. The molecule has 2 N–H and O–H groups in total. The molecule has 2 aromatic rings. The molecule has 108 valence electrons. The highest BCUT2D eigenvalue weighted by molar-refractivity contribution is 7.95. The fraction of sp³-hybridized carbons (Fsp3) is 0.0909. The van der Waals surface area contributed by atoms with E-state index in [0.717, 1.165) is 0 Å². The van der Waals surface area contributed by atoms with E-state index in [1.54, 1.807) is 0 Å². The highest BCUT2D eigenvalue weighted by Gasteiger charge is 2.22. The Balaban J connectivity index is 2.46. The lowest BCUT2D eigenvalue weighted by Gasteiger charge is -2.03. The van der Waals surface area contributed by atoms with Crippen LogP contribution in [0, 0.1) is 0 Å². The smallest absolute Gasteiger partial charge is 0.247 e. The van der Waals surface area contributed by atoms with Crippen LogP contribution in [-0.4, -0.2) is 23.9 Å². The van der Waals surface area contributed by atoms with Crippen LogP contribution in [-0.2, 0) is 19.9 Å². The Morgan fingerprint density at radius 3 is 1.95 bits per heavy atom. The lowest BCUT2D eigenvalue weighted by Crippen LogP contribution is -2.09. The van der Waals surface area contributed by atoms with E-state index < -0.39 is 19.9 Å². The lowest BCUT2D eigenvalue weighted by molar-refractivity contribution is 0.414. The number of primary sulfonamides is 1. The van der Waals surface area contributed by atoms with Crippen molar-refractivity contribution in [3.05, 3.63) is 36.4 Å². The molecular formula is C11H11NO5S3. The molecule has 0 saturated carbocycles. The summed E-state index contributed by atoms with van der Waals surface area (Å²) in [6, 6.07) is 8.22. The van der Waals surface area contributed by atoms with E-state index in [2.05, 4.69) is 0 Å². The summed E-state index contributed by atoms with van der Waals surface area (Å²) < 4.78 is 51.6. The van der Waals surface area contributed by atoms with Crippen LogP contribution in [0.3, 0.4) is 0 Å². The van der Waals surface area contributed by atoms with Gasteiger partial charge in [-0.15, -0.1) is 11.3 Å². The van der Waals surface area contributed by atoms with Gasteiger partial charge >= 0.3 is 0 Å². The third-order valence-electron chi connectivity index (χ3n) is 2.47. The average molecular weight is 333 g/mol. The number of sulfonamides is 1. The van der Waals surface area contributed by atoms with Crippen LogP contribution in [0.5, 0.6) is 5.75 Å². The number of benzene rings is 1. The zero-order valence-electron chi connectivity index (χ0n) is 10.3. The number of rotatable bonds is 4. The van der Waals surface area contributed by atoms with Crippen molar-refractivity contribution in [2.24, 2.45) is 5.14 Å². The van der Waals surface area contributed by atoms with Crippen molar-refractivity contribution in [1.82, 2.24) is 0 Å². The fourth-order valence-electron chi connectivity index (χ4n) is 1.47. The molecule has 0 amide bonds. The predicted molar refractivity (Wildman–Crippen MR) is 74.1 cm³/mol. The highest BCUT2D eigenvalue weighted by atomic mass is 32.3. The fourth-order valence-corrected chi connectivity index (χ4v) is 5.06. The van der Waals surface area contributed by atoms with Crippen molar-refractivity contribution in [3.63, 3.8) is 0 Å². The minimum absolute atomic E-state index is 0.0566. The van der Waals surface area contributed by atoms with Crippen LogP contribution in [0.25, 0.3) is 0 Å². The minimum atomic E-state index is -3.90. The molecule has 1 aromatic heterocycles. The molecule has 1 heterocycles. The van der Waals surface area contributed by atoms with Crippen LogP contribution < -0.4 is 9.88 Å². The number of nitrogens with two attached hydrogens (primary N) is 1. The number of hydrogen-bond acceptors (Lipinski definition) is 6. The summed E-state index contributed by atoms with van der Waals surface area (Å²) in [6.07, 6.45) is 0. The van der Waals surface area contributed by atoms with Gasteiger partial charge in [0.05, 0.1) is 12.0 Å². The van der Waals surface area contributed by atoms with E-state index in [1.807, 2.05) is 0 Å². The second kappa shape index (κ2) is 5.17. The second-order valence-electron chi connectivity index (χ2n) is 3.80. The summed E-state index contributed by atoms with van der Waals surface area (Å²) >= 11 is 0.619. The maximum absolute atomic E-state index is 12.3. The first-order valence-electron chi connectivity index (χ1n) is 5.27. The Hall–Kier alpha value is -1.42. The third-order valence-corrected chi connectivity index (χ3v) is 7.26. The SMILES string of the molecule is COc1ccc(S(=O)(=O)c2ccc(S(N)(=O)=O)s2)cc1. The van der Waals surface area contributed by atoms with Gasteiger partial charge in [-0.3, -0.25) is 0 Å². The number of sulfone groups is 1. The van der Waals surface area contributed by atoms with E-state index in [1.165, 1.54) is 43.5 Å². The first-order chi connectivity index (χ1) is 9.25. The second-order valence-corrected chi connectivity index (χ2v) is 8.85. The maximum Gasteiger partial charge on any atom is 0.247 e. The Kier molecular flexibility index (Phi) is 3.87. The molecule has 0 radical (unpaired) electrons. The maximum atomic E-state index is 12.3. The van der Waals surface area contributed by atoms with Gasteiger partial charge in [0, 0.05) is 0 Å². The lowest BCUT2D eigenvalue weighted by atomic mass is 10.3. The number of ether oxygens (including phenoxy) is 1. The Morgan fingerprint density at radius 2 is 1.50 bits per heavy atom. The molecule has 0 aliphatic carbocycles. The van der Waals surface area contributed by atoms with Crippen LogP contribution in [0.4, 0.5) is 0 Å². The van der Waals surface area contributed by atoms with Gasteiger partial charge in [0.15, 0.2) is 0 Å². The third kappa shape index (κ3) is 2.85. The molecule has 0 fully saturated rings. The molecule has 6 nitrogen and oxygen atoms in total. The van der Waals surface area contributed by atoms with Gasteiger partial charge in [-0.1, -0.05) is 0 Å². The van der Waals surface area contributed by atoms with Gasteiger partial charge < -0.3 is 4.74 Å². The predicted octanol–water partition coefficient (Wildman–Crippen LogP) is 1.24. The van der Waals surface area contributed by atoms with Gasteiger partial charge in [-0.2, -0.15) is 0 Å². The standard InChI is InChI=1S/C11H11NO5S3/c1-17-8-2-4-9(5-3-8)19(13,14)10-6-7-11(18-10)20(12,15)16/h2-7H,1H3,(H2,12,15,16). The van der Waals surface area contributed by atoms with Crippen LogP contribution >= 0.6 is 11.3 Å². The first-order valence-corrected chi connectivity index (χ1v) is 9.11. The minimum Gasteiger partial charge on any atom is -0.497 e. The topological polar surface area (TPSA) is 104 Å². The number of hydrogen-bond donors (Lipinski definition) is 1. The van der Waals surface area contributed by atoms with E-state index in [4.69, 9.17) is 9.88 Å². The van der Waals surface area contributed by atoms with Gasteiger partial charge in [-0.05, 0) is 36.4 Å². The Bertz CT molecular complexity index is 819. The molecule has 9 heteroatoms. The van der Waals surface area contributed by atoms with Gasteiger partial charge in [-0.25, -0.2) is 22.0 Å². The molecular weight excluding hydrogens is 322 g/mol. The van der Waals surface area contributed by atoms with Crippen LogP contribution in [0.2, 0.25) is 0 Å². The van der Waals surface area contributed by atoms with E-state index in [0.29, 0.717) is 17.1 Å².